The highest BCUT2D eigenvalue weighted by atomic mass is 35.5. The van der Waals surface area contributed by atoms with Gasteiger partial charge in [0.25, 0.3) is 5.91 Å². The van der Waals surface area contributed by atoms with Crippen LogP contribution in [0.15, 0.2) is 41.5 Å². The zero-order valence-electron chi connectivity index (χ0n) is 12.3. The van der Waals surface area contributed by atoms with Crippen molar-refractivity contribution < 1.29 is 24.5 Å². The molecule has 0 bridgehead atoms. The van der Waals surface area contributed by atoms with Gasteiger partial charge in [-0.25, -0.2) is 5.43 Å². The summed E-state index contributed by atoms with van der Waals surface area (Å²) in [5, 5.41) is 22.6. The molecule has 0 saturated heterocycles. The van der Waals surface area contributed by atoms with Crippen LogP contribution in [0.1, 0.15) is 5.56 Å². The number of carbonyl (C=O) groups is 1. The molecule has 7 nitrogen and oxygen atoms in total. The number of phenolic OH excluding ortho intramolecular Hbond substituents is 2. The number of rotatable bonds is 3. The maximum absolute atomic E-state index is 12.0. The molecule has 0 radical (unpaired) electrons. The Labute approximate surface area is 142 Å². The summed E-state index contributed by atoms with van der Waals surface area (Å²) in [6.07, 6.45) is 0.453. The molecular weight excluding hydrogens is 336 g/mol. The Bertz CT molecular complexity index is 786. The van der Waals surface area contributed by atoms with Crippen molar-refractivity contribution in [1.82, 2.24) is 5.43 Å². The van der Waals surface area contributed by atoms with Crippen LogP contribution in [0.25, 0.3) is 0 Å². The fourth-order valence-electron chi connectivity index (χ4n) is 2.07. The van der Waals surface area contributed by atoms with Crippen LogP contribution in [-0.4, -0.2) is 35.0 Å². The van der Waals surface area contributed by atoms with Crippen molar-refractivity contribution in [3.05, 3.63) is 47.0 Å². The van der Waals surface area contributed by atoms with Gasteiger partial charge < -0.3 is 19.7 Å². The van der Waals surface area contributed by atoms with Crippen molar-refractivity contribution in [2.45, 2.75) is 6.10 Å². The zero-order valence-corrected chi connectivity index (χ0v) is 13.0. The van der Waals surface area contributed by atoms with Gasteiger partial charge in [-0.1, -0.05) is 23.7 Å². The van der Waals surface area contributed by atoms with Gasteiger partial charge in [-0.05, 0) is 29.8 Å². The average molecular weight is 349 g/mol. The van der Waals surface area contributed by atoms with E-state index in [1.165, 1.54) is 18.3 Å². The molecule has 3 rings (SSSR count). The average Bonchev–Trinajstić information content (AvgIpc) is 2.59. The first-order valence-electron chi connectivity index (χ1n) is 6.97. The summed E-state index contributed by atoms with van der Waals surface area (Å²) >= 11 is 5.73. The molecule has 1 heterocycles. The maximum Gasteiger partial charge on any atom is 0.284 e. The van der Waals surface area contributed by atoms with E-state index in [1.807, 2.05) is 6.07 Å². The number of benzene rings is 2. The second-order valence-electron chi connectivity index (χ2n) is 4.97. The Kier molecular flexibility index (Phi) is 4.43. The minimum atomic E-state index is -0.825. The first kappa shape index (κ1) is 15.9. The van der Waals surface area contributed by atoms with Crippen molar-refractivity contribution in [3.8, 4) is 23.0 Å². The number of hydrogen-bond donors (Lipinski definition) is 3. The Morgan fingerprint density at radius 3 is 2.79 bits per heavy atom. The van der Waals surface area contributed by atoms with Crippen LogP contribution in [0.3, 0.4) is 0 Å². The lowest BCUT2D eigenvalue weighted by atomic mass is 10.2. The molecule has 2 aromatic rings. The Hall–Kier alpha value is -2.93. The second kappa shape index (κ2) is 6.67. The number of aromatic hydroxyl groups is 2. The highest BCUT2D eigenvalue weighted by Gasteiger charge is 2.26. The van der Waals surface area contributed by atoms with E-state index in [4.69, 9.17) is 21.1 Å². The third-order valence-corrected chi connectivity index (χ3v) is 3.54. The van der Waals surface area contributed by atoms with Crippen LogP contribution in [0.4, 0.5) is 0 Å². The van der Waals surface area contributed by atoms with Gasteiger partial charge in [0, 0.05) is 0 Å². The van der Waals surface area contributed by atoms with Gasteiger partial charge in [-0.2, -0.15) is 5.10 Å². The molecule has 8 heteroatoms. The molecule has 0 aliphatic carbocycles. The van der Waals surface area contributed by atoms with E-state index in [1.54, 1.807) is 18.2 Å². The number of hydrogen-bond acceptors (Lipinski definition) is 6. The van der Waals surface area contributed by atoms with E-state index in [0.717, 1.165) is 0 Å². The van der Waals surface area contributed by atoms with Crippen LogP contribution in [0.5, 0.6) is 23.0 Å². The van der Waals surface area contributed by atoms with Gasteiger partial charge in [0.2, 0.25) is 6.10 Å². The molecule has 0 aromatic heterocycles. The molecule has 1 aliphatic heterocycles. The van der Waals surface area contributed by atoms with Crippen LogP contribution >= 0.6 is 11.6 Å². The van der Waals surface area contributed by atoms with E-state index in [2.05, 4.69) is 10.5 Å². The number of fused-ring (bicyclic) bond motifs is 1. The third kappa shape index (κ3) is 3.36. The third-order valence-electron chi connectivity index (χ3n) is 3.26. The first-order chi connectivity index (χ1) is 11.5. The van der Waals surface area contributed by atoms with Crippen molar-refractivity contribution in [2.75, 3.05) is 6.61 Å². The monoisotopic (exact) mass is 348 g/mol. The molecule has 0 fully saturated rings. The van der Waals surface area contributed by atoms with Gasteiger partial charge in [-0.3, -0.25) is 4.79 Å². The van der Waals surface area contributed by atoms with Gasteiger partial charge in [0.15, 0.2) is 23.0 Å². The lowest BCUT2D eigenvalue weighted by Gasteiger charge is -2.24. The fourth-order valence-corrected chi connectivity index (χ4v) is 2.29. The SMILES string of the molecule is O=C(N/N=C/c1cc(O)c(O)c(Cl)c1)[C@@H]1COc2ccccc2O1. The number of amides is 1. The van der Waals surface area contributed by atoms with Crippen molar-refractivity contribution in [3.63, 3.8) is 0 Å². The smallest absolute Gasteiger partial charge is 0.284 e. The number of para-hydroxylation sites is 2. The Morgan fingerprint density at radius 1 is 1.29 bits per heavy atom. The lowest BCUT2D eigenvalue weighted by Crippen LogP contribution is -2.42. The molecule has 24 heavy (non-hydrogen) atoms. The summed E-state index contributed by atoms with van der Waals surface area (Å²) in [5.41, 5.74) is 2.73. The Morgan fingerprint density at radius 2 is 2.04 bits per heavy atom. The molecule has 0 unspecified atom stereocenters. The largest absolute Gasteiger partial charge is 0.504 e. The predicted molar refractivity (Wildman–Crippen MR) is 86.9 cm³/mol. The van der Waals surface area contributed by atoms with E-state index in [0.29, 0.717) is 17.1 Å². The number of halogens is 1. The number of nitrogens with zero attached hydrogens (tertiary/aromatic N) is 1. The van der Waals surface area contributed by atoms with Crippen LogP contribution in [0, 0.1) is 0 Å². The lowest BCUT2D eigenvalue weighted by molar-refractivity contribution is -0.130. The number of carbonyl (C=O) groups excluding carboxylic acids is 1. The van der Waals surface area contributed by atoms with Crippen molar-refractivity contribution in [2.24, 2.45) is 5.10 Å². The minimum Gasteiger partial charge on any atom is -0.504 e. The molecule has 1 amide bonds. The van der Waals surface area contributed by atoms with E-state index >= 15 is 0 Å². The molecular formula is C16H13ClN2O5. The highest BCUT2D eigenvalue weighted by Crippen LogP contribution is 2.33. The van der Waals surface area contributed by atoms with Crippen molar-refractivity contribution >= 4 is 23.7 Å². The minimum absolute atomic E-state index is 0.0246. The van der Waals surface area contributed by atoms with Crippen molar-refractivity contribution in [1.29, 1.82) is 0 Å². The topological polar surface area (TPSA) is 100 Å². The number of ether oxygens (including phenoxy) is 2. The summed E-state index contributed by atoms with van der Waals surface area (Å²) in [6, 6.07) is 9.70. The fraction of sp³-hybridized carbons (Fsp3) is 0.125. The maximum atomic E-state index is 12.0. The van der Waals surface area contributed by atoms with Gasteiger partial charge in [0.1, 0.15) is 6.61 Å². The van der Waals surface area contributed by atoms with Gasteiger partial charge in [-0.15, -0.1) is 0 Å². The number of nitrogens with one attached hydrogen (secondary N) is 1. The first-order valence-corrected chi connectivity index (χ1v) is 7.35. The van der Waals surface area contributed by atoms with E-state index in [-0.39, 0.29) is 17.4 Å². The summed E-state index contributed by atoms with van der Waals surface area (Å²) in [6.45, 7) is 0.0736. The highest BCUT2D eigenvalue weighted by molar-refractivity contribution is 6.32. The standard InChI is InChI=1S/C16H13ClN2O5/c17-10-5-9(6-11(20)15(10)21)7-18-19-16(22)14-8-23-12-3-1-2-4-13(12)24-14/h1-7,14,20-21H,8H2,(H,19,22)/b18-7+/t14-/m0/s1. The molecule has 1 aliphatic rings. The van der Waals surface area contributed by atoms with Gasteiger partial charge in [0.05, 0.1) is 11.2 Å². The quantitative estimate of drug-likeness (QED) is 0.448. The summed E-state index contributed by atoms with van der Waals surface area (Å²) in [4.78, 5) is 12.0. The molecule has 1 atom stereocenters. The van der Waals surface area contributed by atoms with Crippen LogP contribution < -0.4 is 14.9 Å². The Balaban J connectivity index is 1.62. The number of hydrazone groups is 1. The second-order valence-corrected chi connectivity index (χ2v) is 5.38. The van der Waals surface area contributed by atoms with E-state index < -0.39 is 17.8 Å². The zero-order chi connectivity index (χ0) is 17.1. The normalized spacial score (nSPS) is 16.1. The number of phenols is 2. The summed E-state index contributed by atoms with van der Waals surface area (Å²) in [5.74, 6) is -0.197. The van der Waals surface area contributed by atoms with E-state index in [9.17, 15) is 15.0 Å². The summed E-state index contributed by atoms with van der Waals surface area (Å²) < 4.78 is 11.0. The van der Waals surface area contributed by atoms with Crippen LogP contribution in [-0.2, 0) is 4.79 Å². The summed E-state index contributed by atoms with van der Waals surface area (Å²) in [7, 11) is 0. The molecule has 0 spiro atoms. The predicted octanol–water partition coefficient (Wildman–Crippen LogP) is 2.04. The molecule has 3 N–H and O–H groups in total. The molecule has 2 aromatic carbocycles. The molecule has 0 saturated carbocycles. The molecule has 124 valence electrons. The van der Waals surface area contributed by atoms with Crippen LogP contribution in [0.2, 0.25) is 5.02 Å². The van der Waals surface area contributed by atoms with Gasteiger partial charge >= 0.3 is 0 Å².